The molecule has 27 heavy (non-hydrogen) atoms. The number of nitrogens with zero attached hydrogens (tertiary/aromatic N) is 4. The van der Waals surface area contributed by atoms with E-state index in [1.54, 1.807) is 33.8 Å². The molecule has 0 saturated carbocycles. The van der Waals surface area contributed by atoms with Crippen LogP contribution in [0.1, 0.15) is 12.0 Å². The Balaban J connectivity index is 1.38. The molecule has 0 unspecified atom stereocenters. The fourth-order valence-electron chi connectivity index (χ4n) is 2.91. The summed E-state index contributed by atoms with van der Waals surface area (Å²) in [6.45, 7) is 1.39. The molecule has 0 amide bonds. The molecular formula is C19H16N4O2S2. The highest BCUT2D eigenvalue weighted by molar-refractivity contribution is 7.98. The van der Waals surface area contributed by atoms with Crippen LogP contribution in [0.3, 0.4) is 0 Å². The van der Waals surface area contributed by atoms with Gasteiger partial charge in [-0.25, -0.2) is 4.98 Å². The van der Waals surface area contributed by atoms with Gasteiger partial charge in [-0.3, -0.25) is 0 Å². The van der Waals surface area contributed by atoms with E-state index in [0.717, 1.165) is 40.5 Å². The Morgan fingerprint density at radius 3 is 2.93 bits per heavy atom. The minimum Gasteiger partial charge on any atom is -0.490 e. The lowest BCUT2D eigenvalue weighted by Gasteiger charge is -2.08. The summed E-state index contributed by atoms with van der Waals surface area (Å²) in [7, 11) is 0. The van der Waals surface area contributed by atoms with E-state index in [2.05, 4.69) is 38.0 Å². The first kappa shape index (κ1) is 16.6. The molecule has 3 aromatic heterocycles. The molecule has 0 radical (unpaired) electrons. The lowest BCUT2D eigenvalue weighted by atomic mass is 10.2. The summed E-state index contributed by atoms with van der Waals surface area (Å²) in [5, 5.41) is 9.50. The quantitative estimate of drug-likeness (QED) is 0.479. The smallest absolute Gasteiger partial charge is 0.253 e. The van der Waals surface area contributed by atoms with Gasteiger partial charge in [0.05, 0.1) is 18.9 Å². The lowest BCUT2D eigenvalue weighted by molar-refractivity contribution is 0.297. The predicted octanol–water partition coefficient (Wildman–Crippen LogP) is 4.31. The Kier molecular flexibility index (Phi) is 4.43. The van der Waals surface area contributed by atoms with E-state index in [1.165, 1.54) is 0 Å². The molecule has 0 spiro atoms. The van der Waals surface area contributed by atoms with E-state index in [9.17, 15) is 0 Å². The highest BCUT2D eigenvalue weighted by atomic mass is 32.2. The molecule has 0 fully saturated rings. The third kappa shape index (κ3) is 3.38. The summed E-state index contributed by atoms with van der Waals surface area (Å²) in [4.78, 5) is 8.89. The van der Waals surface area contributed by atoms with E-state index < -0.39 is 0 Å². The largest absolute Gasteiger partial charge is 0.490 e. The summed E-state index contributed by atoms with van der Waals surface area (Å²) in [5.74, 6) is 2.99. The highest BCUT2D eigenvalue weighted by Gasteiger charge is 2.13. The van der Waals surface area contributed by atoms with Crippen molar-refractivity contribution in [1.29, 1.82) is 0 Å². The molecule has 136 valence electrons. The summed E-state index contributed by atoms with van der Waals surface area (Å²) in [6, 6.07) is 10.1. The van der Waals surface area contributed by atoms with Crippen LogP contribution in [0.15, 0.2) is 52.4 Å². The Hall–Kier alpha value is -2.58. The second-order valence-corrected chi connectivity index (χ2v) is 7.79. The maximum Gasteiger partial charge on any atom is 0.253 e. The zero-order chi connectivity index (χ0) is 18.1. The number of rotatable bonds is 4. The van der Waals surface area contributed by atoms with Crippen LogP contribution in [-0.2, 0) is 5.75 Å². The van der Waals surface area contributed by atoms with Crippen molar-refractivity contribution in [3.8, 4) is 22.8 Å². The molecule has 0 aliphatic carbocycles. The van der Waals surface area contributed by atoms with Crippen molar-refractivity contribution in [1.82, 2.24) is 19.6 Å². The van der Waals surface area contributed by atoms with Crippen molar-refractivity contribution in [2.75, 3.05) is 13.2 Å². The minimum absolute atomic E-state index is 0.611. The molecule has 0 bridgehead atoms. The topological polar surface area (TPSA) is 61.5 Å². The van der Waals surface area contributed by atoms with E-state index in [4.69, 9.17) is 9.47 Å². The Labute approximate surface area is 164 Å². The van der Waals surface area contributed by atoms with E-state index in [1.807, 2.05) is 18.2 Å². The van der Waals surface area contributed by atoms with Gasteiger partial charge in [-0.2, -0.15) is 20.8 Å². The molecular weight excluding hydrogens is 380 g/mol. The fourth-order valence-corrected chi connectivity index (χ4v) is 4.32. The summed E-state index contributed by atoms with van der Waals surface area (Å²) < 4.78 is 13.3. The third-order valence-electron chi connectivity index (χ3n) is 4.22. The minimum atomic E-state index is 0.611. The number of thiophene rings is 1. The van der Waals surface area contributed by atoms with Crippen molar-refractivity contribution in [2.24, 2.45) is 0 Å². The van der Waals surface area contributed by atoms with Gasteiger partial charge < -0.3 is 9.47 Å². The number of ether oxygens (including phenoxy) is 2. The first-order valence-corrected chi connectivity index (χ1v) is 10.6. The zero-order valence-electron chi connectivity index (χ0n) is 14.4. The summed E-state index contributed by atoms with van der Waals surface area (Å²) in [5.41, 5.74) is 3.27. The normalized spacial score (nSPS) is 13.6. The van der Waals surface area contributed by atoms with Crippen LogP contribution in [0.4, 0.5) is 0 Å². The number of hydrogen-bond donors (Lipinski definition) is 0. The van der Waals surface area contributed by atoms with Gasteiger partial charge in [0, 0.05) is 29.3 Å². The van der Waals surface area contributed by atoms with Gasteiger partial charge in [0.25, 0.3) is 5.78 Å². The molecule has 4 heterocycles. The van der Waals surface area contributed by atoms with Crippen LogP contribution in [0.2, 0.25) is 0 Å². The van der Waals surface area contributed by atoms with Gasteiger partial charge in [0.15, 0.2) is 11.5 Å². The van der Waals surface area contributed by atoms with Gasteiger partial charge in [0.2, 0.25) is 5.16 Å². The summed E-state index contributed by atoms with van der Waals surface area (Å²) in [6.07, 6.45) is 2.68. The maximum absolute atomic E-state index is 5.77. The van der Waals surface area contributed by atoms with Gasteiger partial charge in [-0.1, -0.05) is 17.8 Å². The van der Waals surface area contributed by atoms with Crippen LogP contribution < -0.4 is 9.47 Å². The molecule has 1 aliphatic rings. The molecule has 1 aromatic carbocycles. The van der Waals surface area contributed by atoms with Gasteiger partial charge in [0.1, 0.15) is 0 Å². The van der Waals surface area contributed by atoms with Crippen molar-refractivity contribution in [2.45, 2.75) is 17.3 Å². The average molecular weight is 396 g/mol. The van der Waals surface area contributed by atoms with Crippen LogP contribution in [0, 0.1) is 0 Å². The molecule has 1 aliphatic heterocycles. The number of benzene rings is 1. The SMILES string of the molecule is c1cc(-c2ccsc2)n2nc(SCc3ccc4c(c3)OCCCO4)nc2n1. The van der Waals surface area contributed by atoms with E-state index >= 15 is 0 Å². The Morgan fingerprint density at radius 1 is 1.11 bits per heavy atom. The van der Waals surface area contributed by atoms with Crippen molar-refractivity contribution < 1.29 is 9.47 Å². The van der Waals surface area contributed by atoms with Crippen LogP contribution in [0.5, 0.6) is 11.5 Å². The predicted molar refractivity (Wildman–Crippen MR) is 106 cm³/mol. The molecule has 6 nitrogen and oxygen atoms in total. The number of fused-ring (bicyclic) bond motifs is 2. The highest BCUT2D eigenvalue weighted by Crippen LogP contribution is 2.32. The van der Waals surface area contributed by atoms with E-state index in [0.29, 0.717) is 24.1 Å². The second kappa shape index (κ2) is 7.21. The van der Waals surface area contributed by atoms with Gasteiger partial charge >= 0.3 is 0 Å². The van der Waals surface area contributed by atoms with Crippen molar-refractivity contribution in [3.05, 3.63) is 52.9 Å². The first-order chi connectivity index (χ1) is 13.4. The second-order valence-electron chi connectivity index (χ2n) is 6.07. The number of aromatic nitrogens is 4. The van der Waals surface area contributed by atoms with E-state index in [-0.39, 0.29) is 0 Å². The van der Waals surface area contributed by atoms with Crippen molar-refractivity contribution in [3.63, 3.8) is 0 Å². The standard InChI is InChI=1S/C19H16N4O2S2/c1-7-24-16-3-2-13(10-17(16)25-8-1)11-27-19-21-18-20-6-4-15(23(18)22-19)14-5-9-26-12-14/h2-6,9-10,12H,1,7-8,11H2. The lowest BCUT2D eigenvalue weighted by Crippen LogP contribution is -1.97. The monoisotopic (exact) mass is 396 g/mol. The summed E-state index contributed by atoms with van der Waals surface area (Å²) >= 11 is 3.25. The molecule has 0 atom stereocenters. The first-order valence-electron chi connectivity index (χ1n) is 8.62. The molecule has 0 saturated heterocycles. The Bertz CT molecular complexity index is 1080. The molecule has 0 N–H and O–H groups in total. The molecule has 5 rings (SSSR count). The molecule has 8 heteroatoms. The van der Waals surface area contributed by atoms with Crippen LogP contribution in [-0.4, -0.2) is 32.8 Å². The maximum atomic E-state index is 5.77. The fraction of sp³-hybridized carbons (Fsp3) is 0.211. The zero-order valence-corrected chi connectivity index (χ0v) is 16.0. The number of hydrogen-bond acceptors (Lipinski definition) is 7. The van der Waals surface area contributed by atoms with Crippen LogP contribution in [0.25, 0.3) is 17.0 Å². The van der Waals surface area contributed by atoms with Crippen molar-refractivity contribution >= 4 is 28.9 Å². The average Bonchev–Trinajstić information content (AvgIpc) is 3.31. The van der Waals surface area contributed by atoms with Gasteiger partial charge in [-0.15, -0.1) is 5.10 Å². The molecule has 4 aromatic rings. The van der Waals surface area contributed by atoms with Crippen LogP contribution >= 0.6 is 23.1 Å². The number of thioether (sulfide) groups is 1. The third-order valence-corrected chi connectivity index (χ3v) is 5.81. The van der Waals surface area contributed by atoms with Gasteiger partial charge in [-0.05, 0) is 35.2 Å². The Morgan fingerprint density at radius 2 is 2.04 bits per heavy atom.